The van der Waals surface area contributed by atoms with Crippen LogP contribution in [0.3, 0.4) is 0 Å². The number of primary amides is 1. The van der Waals surface area contributed by atoms with Crippen molar-refractivity contribution in [1.29, 1.82) is 0 Å². The molecule has 0 atom stereocenters. The smallest absolute Gasteiger partial charge is 0.251 e. The number of aromatic nitrogens is 1. The molecule has 1 aromatic carbocycles. The lowest BCUT2D eigenvalue weighted by atomic mass is 9.97. The zero-order valence-electron chi connectivity index (χ0n) is 14.3. The van der Waals surface area contributed by atoms with Gasteiger partial charge < -0.3 is 10.3 Å². The van der Waals surface area contributed by atoms with Crippen LogP contribution in [0.5, 0.6) is 0 Å². The van der Waals surface area contributed by atoms with Gasteiger partial charge in [0, 0.05) is 27.5 Å². The second-order valence-electron chi connectivity index (χ2n) is 6.22. The highest BCUT2D eigenvalue weighted by molar-refractivity contribution is 9.10. The van der Waals surface area contributed by atoms with E-state index in [1.54, 1.807) is 0 Å². The van der Waals surface area contributed by atoms with Gasteiger partial charge in [-0.05, 0) is 51.3 Å². The molecule has 2 N–H and O–H groups in total. The summed E-state index contributed by atoms with van der Waals surface area (Å²) >= 11 is 3.47. The number of halogens is 1. The minimum Gasteiger partial charge on any atom is -0.366 e. The Morgan fingerprint density at radius 2 is 1.87 bits per heavy atom. The normalized spacial score (nSPS) is 11.2. The summed E-state index contributed by atoms with van der Waals surface area (Å²) in [5, 5.41) is 0. The van der Waals surface area contributed by atoms with Gasteiger partial charge in [-0.2, -0.15) is 0 Å². The fourth-order valence-corrected chi connectivity index (χ4v) is 3.55. The highest BCUT2D eigenvalue weighted by atomic mass is 79.9. The third kappa shape index (κ3) is 3.52. The number of unbranched alkanes of at least 4 members (excludes halogenated alkanes) is 1. The third-order valence-corrected chi connectivity index (χ3v) is 4.74. The Labute approximate surface area is 147 Å². The molecule has 0 unspecified atom stereocenters. The predicted molar refractivity (Wildman–Crippen MR) is 99.8 cm³/mol. The van der Waals surface area contributed by atoms with E-state index in [-0.39, 0.29) is 5.91 Å². The van der Waals surface area contributed by atoms with Gasteiger partial charge in [-0.25, -0.2) is 0 Å². The van der Waals surface area contributed by atoms with Crippen LogP contribution in [0, 0.1) is 6.92 Å². The minimum atomic E-state index is -0.349. The molecule has 0 aliphatic rings. The minimum absolute atomic E-state index is 0.296. The van der Waals surface area contributed by atoms with Gasteiger partial charge in [0.05, 0.1) is 5.56 Å². The van der Waals surface area contributed by atoms with Gasteiger partial charge in [0.1, 0.15) is 0 Å². The second-order valence-corrected chi connectivity index (χ2v) is 7.14. The van der Waals surface area contributed by atoms with Crippen LogP contribution in [0.15, 0.2) is 28.7 Å². The highest BCUT2D eigenvalue weighted by Gasteiger charge is 2.25. The summed E-state index contributed by atoms with van der Waals surface area (Å²) in [7, 11) is 0. The van der Waals surface area contributed by atoms with Crippen molar-refractivity contribution in [3.05, 3.63) is 45.7 Å². The van der Waals surface area contributed by atoms with Gasteiger partial charge in [0.25, 0.3) is 5.91 Å². The first-order chi connectivity index (χ1) is 10.9. The molecule has 0 saturated heterocycles. The molecule has 0 spiro atoms. The van der Waals surface area contributed by atoms with Crippen molar-refractivity contribution in [2.75, 3.05) is 0 Å². The lowest BCUT2D eigenvalue weighted by Gasteiger charge is -2.16. The standard InChI is InChI=1S/C19H25BrN2O/c1-5-6-7-16-18(14-8-10-15(20)11-9-14)17(19(21)23)13(4)22(16)12(2)3/h8-12H,5-7H2,1-4H3,(H2,21,23). The fraction of sp³-hybridized carbons (Fsp3) is 0.421. The Morgan fingerprint density at radius 1 is 1.26 bits per heavy atom. The van der Waals surface area contributed by atoms with E-state index in [0.29, 0.717) is 11.6 Å². The number of carbonyl (C=O) groups is 1. The number of hydrogen-bond acceptors (Lipinski definition) is 1. The van der Waals surface area contributed by atoms with Crippen LogP contribution in [0.25, 0.3) is 11.1 Å². The Bertz CT molecular complexity index is 699. The van der Waals surface area contributed by atoms with Crippen molar-refractivity contribution in [2.24, 2.45) is 5.73 Å². The van der Waals surface area contributed by atoms with Crippen LogP contribution in [-0.4, -0.2) is 10.5 Å². The quantitative estimate of drug-likeness (QED) is 0.735. The summed E-state index contributed by atoms with van der Waals surface area (Å²) in [6, 6.07) is 8.40. The van der Waals surface area contributed by atoms with Crippen molar-refractivity contribution < 1.29 is 4.79 Å². The molecule has 2 rings (SSSR count). The summed E-state index contributed by atoms with van der Waals surface area (Å²) in [4.78, 5) is 12.1. The number of rotatable bonds is 6. The molecule has 0 aliphatic heterocycles. The van der Waals surface area contributed by atoms with Crippen LogP contribution in [-0.2, 0) is 6.42 Å². The average Bonchev–Trinajstić information content (AvgIpc) is 2.78. The number of nitrogens with zero attached hydrogens (tertiary/aromatic N) is 1. The monoisotopic (exact) mass is 376 g/mol. The topological polar surface area (TPSA) is 48.0 Å². The van der Waals surface area contributed by atoms with Crippen molar-refractivity contribution in [3.8, 4) is 11.1 Å². The largest absolute Gasteiger partial charge is 0.366 e. The van der Waals surface area contributed by atoms with E-state index in [1.807, 2.05) is 31.2 Å². The SMILES string of the molecule is CCCCc1c(-c2ccc(Br)cc2)c(C(N)=O)c(C)n1C(C)C. The average molecular weight is 377 g/mol. The number of benzene rings is 1. The predicted octanol–water partition coefficient (Wildman–Crippen LogP) is 5.25. The molecule has 1 aromatic heterocycles. The maximum absolute atomic E-state index is 12.1. The van der Waals surface area contributed by atoms with Crippen molar-refractivity contribution in [1.82, 2.24) is 4.57 Å². The van der Waals surface area contributed by atoms with Crippen molar-refractivity contribution in [3.63, 3.8) is 0 Å². The van der Waals surface area contributed by atoms with Crippen LogP contribution in [0.1, 0.15) is 61.4 Å². The number of carbonyl (C=O) groups excluding carboxylic acids is 1. The first kappa shape index (κ1) is 17.8. The number of hydrogen-bond donors (Lipinski definition) is 1. The number of nitrogens with two attached hydrogens (primary N) is 1. The second kappa shape index (κ2) is 7.35. The summed E-state index contributed by atoms with van der Waals surface area (Å²) in [5.74, 6) is -0.349. The van der Waals surface area contributed by atoms with Gasteiger partial charge >= 0.3 is 0 Å². The number of amides is 1. The van der Waals surface area contributed by atoms with E-state index in [2.05, 4.69) is 41.3 Å². The molecule has 0 bridgehead atoms. The summed E-state index contributed by atoms with van der Waals surface area (Å²) < 4.78 is 3.30. The maximum atomic E-state index is 12.1. The molecule has 23 heavy (non-hydrogen) atoms. The summed E-state index contributed by atoms with van der Waals surface area (Å²) in [5.41, 5.74) is 10.6. The molecule has 1 amide bonds. The van der Waals surface area contributed by atoms with Gasteiger partial charge in [-0.3, -0.25) is 4.79 Å². The zero-order chi connectivity index (χ0) is 17.1. The van der Waals surface area contributed by atoms with Gasteiger partial charge in [0.2, 0.25) is 0 Å². The van der Waals surface area contributed by atoms with Crippen LogP contribution < -0.4 is 5.73 Å². The molecular formula is C19H25BrN2O. The molecule has 1 heterocycles. The Kier molecular flexibility index (Phi) is 5.69. The molecule has 3 nitrogen and oxygen atoms in total. The first-order valence-electron chi connectivity index (χ1n) is 8.17. The molecule has 0 aliphatic carbocycles. The van der Waals surface area contributed by atoms with Crippen LogP contribution >= 0.6 is 15.9 Å². The Hall–Kier alpha value is -1.55. The summed E-state index contributed by atoms with van der Waals surface area (Å²) in [6.07, 6.45) is 3.17. The van der Waals surface area contributed by atoms with Crippen LogP contribution in [0.2, 0.25) is 0 Å². The van der Waals surface area contributed by atoms with E-state index in [4.69, 9.17) is 5.73 Å². The highest BCUT2D eigenvalue weighted by Crippen LogP contribution is 2.36. The maximum Gasteiger partial charge on any atom is 0.251 e. The lowest BCUT2D eigenvalue weighted by molar-refractivity contribution is 0.1000. The van der Waals surface area contributed by atoms with E-state index < -0.39 is 0 Å². The van der Waals surface area contributed by atoms with E-state index in [1.165, 1.54) is 5.69 Å². The van der Waals surface area contributed by atoms with Gasteiger partial charge in [-0.1, -0.05) is 41.4 Å². The van der Waals surface area contributed by atoms with Gasteiger partial charge in [0.15, 0.2) is 0 Å². The molecular weight excluding hydrogens is 352 g/mol. The lowest BCUT2D eigenvalue weighted by Crippen LogP contribution is -2.14. The van der Waals surface area contributed by atoms with Crippen molar-refractivity contribution in [2.45, 2.75) is 53.0 Å². The van der Waals surface area contributed by atoms with Crippen molar-refractivity contribution >= 4 is 21.8 Å². The van der Waals surface area contributed by atoms with Gasteiger partial charge in [-0.15, -0.1) is 0 Å². The first-order valence-corrected chi connectivity index (χ1v) is 8.97. The molecule has 0 radical (unpaired) electrons. The van der Waals surface area contributed by atoms with E-state index >= 15 is 0 Å². The van der Waals surface area contributed by atoms with Crippen LogP contribution in [0.4, 0.5) is 0 Å². The van der Waals surface area contributed by atoms with E-state index in [0.717, 1.165) is 40.6 Å². The Balaban J connectivity index is 2.76. The zero-order valence-corrected chi connectivity index (χ0v) is 15.9. The van der Waals surface area contributed by atoms with E-state index in [9.17, 15) is 4.79 Å². The summed E-state index contributed by atoms with van der Waals surface area (Å²) in [6.45, 7) is 8.48. The third-order valence-electron chi connectivity index (χ3n) is 4.22. The Morgan fingerprint density at radius 3 is 2.35 bits per heavy atom. The molecule has 4 heteroatoms. The molecule has 2 aromatic rings. The molecule has 124 valence electrons. The fourth-order valence-electron chi connectivity index (χ4n) is 3.29. The molecule has 0 fully saturated rings. The molecule has 0 saturated carbocycles.